The van der Waals surface area contributed by atoms with Crippen LogP contribution in [0.2, 0.25) is 0 Å². The zero-order valence-corrected chi connectivity index (χ0v) is 11.6. The van der Waals surface area contributed by atoms with Crippen molar-refractivity contribution in [2.24, 2.45) is 0 Å². The van der Waals surface area contributed by atoms with Crippen molar-refractivity contribution in [2.45, 2.75) is 32.1 Å². The molecule has 1 saturated carbocycles. The van der Waals surface area contributed by atoms with Gasteiger partial charge in [0.25, 0.3) is 0 Å². The average Bonchev–Trinajstić information content (AvgIpc) is 2.47. The number of hydrogen-bond donors (Lipinski definition) is 0. The van der Waals surface area contributed by atoms with E-state index in [2.05, 4.69) is 0 Å². The van der Waals surface area contributed by atoms with Gasteiger partial charge in [0.15, 0.2) is 5.78 Å². The van der Waals surface area contributed by atoms with Crippen LogP contribution in [0.5, 0.6) is 11.5 Å². The summed E-state index contributed by atoms with van der Waals surface area (Å²) in [5.74, 6) is 1.28. The monoisotopic (exact) mass is 260 g/mol. The molecule has 0 N–H and O–H groups in total. The smallest absolute Gasteiger partial charge is 0.189 e. The number of carbonyl (C=O) groups is 1. The van der Waals surface area contributed by atoms with E-state index in [1.807, 2.05) is 0 Å². The molecular formula is C16H20O3. The van der Waals surface area contributed by atoms with Crippen LogP contribution in [-0.2, 0) is 0 Å². The van der Waals surface area contributed by atoms with Gasteiger partial charge in [-0.2, -0.15) is 0 Å². The van der Waals surface area contributed by atoms with E-state index in [4.69, 9.17) is 9.47 Å². The van der Waals surface area contributed by atoms with E-state index in [1.165, 1.54) is 24.8 Å². The van der Waals surface area contributed by atoms with Gasteiger partial charge in [0.05, 0.1) is 19.8 Å². The molecule has 0 heterocycles. The van der Waals surface area contributed by atoms with Crippen molar-refractivity contribution < 1.29 is 14.3 Å². The van der Waals surface area contributed by atoms with Crippen LogP contribution in [0.4, 0.5) is 0 Å². The van der Waals surface area contributed by atoms with Gasteiger partial charge < -0.3 is 9.47 Å². The summed E-state index contributed by atoms with van der Waals surface area (Å²) in [5, 5.41) is 0. The molecule has 2 rings (SSSR count). The lowest BCUT2D eigenvalue weighted by molar-refractivity contribution is 0.104. The van der Waals surface area contributed by atoms with Crippen molar-refractivity contribution in [3.8, 4) is 11.5 Å². The third kappa shape index (κ3) is 3.37. The Balaban J connectivity index is 2.22. The zero-order valence-electron chi connectivity index (χ0n) is 11.6. The van der Waals surface area contributed by atoms with Crippen molar-refractivity contribution in [1.82, 2.24) is 0 Å². The van der Waals surface area contributed by atoms with Gasteiger partial charge in [0.2, 0.25) is 0 Å². The standard InChI is InChI=1S/C16H20O3/c1-18-13-8-9-14(16(11-13)19-2)15(17)10-12-6-4-3-5-7-12/h8-11H,3-7H2,1-2H3. The second-order valence-electron chi connectivity index (χ2n) is 4.79. The second kappa shape index (κ2) is 6.41. The number of rotatable bonds is 4. The molecule has 0 amide bonds. The van der Waals surface area contributed by atoms with Crippen LogP contribution in [0.25, 0.3) is 0 Å². The molecule has 0 aliphatic heterocycles. The first kappa shape index (κ1) is 13.7. The molecule has 3 heteroatoms. The third-order valence-electron chi connectivity index (χ3n) is 3.51. The molecule has 1 aromatic rings. The van der Waals surface area contributed by atoms with Crippen LogP contribution in [0.1, 0.15) is 42.5 Å². The molecule has 1 aromatic carbocycles. The lowest BCUT2D eigenvalue weighted by atomic mass is 9.93. The molecule has 0 atom stereocenters. The maximum atomic E-state index is 12.3. The molecule has 1 aliphatic rings. The molecule has 0 bridgehead atoms. The SMILES string of the molecule is COc1ccc(C(=O)C=C2CCCCC2)c(OC)c1. The molecule has 102 valence electrons. The van der Waals surface area contributed by atoms with E-state index in [0.29, 0.717) is 17.1 Å². The first-order valence-electron chi connectivity index (χ1n) is 6.70. The fourth-order valence-electron chi connectivity index (χ4n) is 2.42. The Labute approximate surface area is 114 Å². The minimum absolute atomic E-state index is 0.0244. The molecular weight excluding hydrogens is 240 g/mol. The summed E-state index contributed by atoms with van der Waals surface area (Å²) < 4.78 is 10.4. The van der Waals surface area contributed by atoms with Crippen LogP contribution in [0, 0.1) is 0 Å². The van der Waals surface area contributed by atoms with Gasteiger partial charge in [-0.05, 0) is 43.9 Å². The highest BCUT2D eigenvalue weighted by Crippen LogP contribution is 2.27. The van der Waals surface area contributed by atoms with E-state index in [-0.39, 0.29) is 5.78 Å². The summed E-state index contributed by atoms with van der Waals surface area (Å²) in [5.41, 5.74) is 1.86. The van der Waals surface area contributed by atoms with Gasteiger partial charge in [0, 0.05) is 6.07 Å². The number of benzene rings is 1. The summed E-state index contributed by atoms with van der Waals surface area (Å²) in [6.07, 6.45) is 7.53. The van der Waals surface area contributed by atoms with E-state index >= 15 is 0 Å². The fraction of sp³-hybridized carbons (Fsp3) is 0.438. The molecule has 0 aromatic heterocycles. The topological polar surface area (TPSA) is 35.5 Å². The van der Waals surface area contributed by atoms with E-state index in [1.54, 1.807) is 38.5 Å². The molecule has 19 heavy (non-hydrogen) atoms. The first-order valence-corrected chi connectivity index (χ1v) is 6.70. The lowest BCUT2D eigenvalue weighted by Gasteiger charge is -2.13. The second-order valence-corrected chi connectivity index (χ2v) is 4.79. The van der Waals surface area contributed by atoms with Crippen molar-refractivity contribution >= 4 is 5.78 Å². The number of carbonyl (C=O) groups excluding carboxylic acids is 1. The van der Waals surface area contributed by atoms with E-state index in [0.717, 1.165) is 12.8 Å². The van der Waals surface area contributed by atoms with Crippen LogP contribution in [0.15, 0.2) is 29.8 Å². The summed E-state index contributed by atoms with van der Waals surface area (Å²) in [6.45, 7) is 0. The van der Waals surface area contributed by atoms with Gasteiger partial charge in [-0.25, -0.2) is 0 Å². The Morgan fingerprint density at radius 2 is 1.84 bits per heavy atom. The Morgan fingerprint density at radius 3 is 2.47 bits per heavy atom. The van der Waals surface area contributed by atoms with Crippen LogP contribution >= 0.6 is 0 Å². The van der Waals surface area contributed by atoms with Crippen LogP contribution in [-0.4, -0.2) is 20.0 Å². The molecule has 0 unspecified atom stereocenters. The van der Waals surface area contributed by atoms with Gasteiger partial charge in [-0.3, -0.25) is 4.79 Å². The minimum Gasteiger partial charge on any atom is -0.497 e. The lowest BCUT2D eigenvalue weighted by Crippen LogP contribution is -2.03. The molecule has 0 saturated heterocycles. The molecule has 0 spiro atoms. The molecule has 0 radical (unpaired) electrons. The number of allylic oxidation sites excluding steroid dienone is 2. The third-order valence-corrected chi connectivity index (χ3v) is 3.51. The zero-order chi connectivity index (χ0) is 13.7. The van der Waals surface area contributed by atoms with Gasteiger partial charge in [0.1, 0.15) is 11.5 Å². The highest BCUT2D eigenvalue weighted by molar-refractivity contribution is 6.07. The van der Waals surface area contributed by atoms with E-state index < -0.39 is 0 Å². The summed E-state index contributed by atoms with van der Waals surface area (Å²) in [6, 6.07) is 5.29. The first-order chi connectivity index (χ1) is 9.24. The van der Waals surface area contributed by atoms with Gasteiger partial charge >= 0.3 is 0 Å². The Hall–Kier alpha value is -1.77. The predicted octanol–water partition coefficient (Wildman–Crippen LogP) is 3.78. The Morgan fingerprint density at radius 1 is 1.11 bits per heavy atom. The minimum atomic E-state index is 0.0244. The van der Waals surface area contributed by atoms with E-state index in [9.17, 15) is 4.79 Å². The highest BCUT2D eigenvalue weighted by atomic mass is 16.5. The molecule has 1 fully saturated rings. The van der Waals surface area contributed by atoms with Crippen LogP contribution < -0.4 is 9.47 Å². The number of ether oxygens (including phenoxy) is 2. The number of hydrogen-bond acceptors (Lipinski definition) is 3. The van der Waals surface area contributed by atoms with Crippen molar-refractivity contribution in [1.29, 1.82) is 0 Å². The predicted molar refractivity (Wildman–Crippen MR) is 75.0 cm³/mol. The normalized spacial score (nSPS) is 14.9. The van der Waals surface area contributed by atoms with Crippen molar-refractivity contribution in [3.63, 3.8) is 0 Å². The molecule has 3 nitrogen and oxygen atoms in total. The summed E-state index contributed by atoms with van der Waals surface area (Å²) in [7, 11) is 3.17. The van der Waals surface area contributed by atoms with Gasteiger partial charge in [-0.15, -0.1) is 0 Å². The average molecular weight is 260 g/mol. The Bertz CT molecular complexity index is 481. The fourth-order valence-corrected chi connectivity index (χ4v) is 2.42. The van der Waals surface area contributed by atoms with Crippen molar-refractivity contribution in [3.05, 3.63) is 35.4 Å². The largest absolute Gasteiger partial charge is 0.497 e. The maximum Gasteiger partial charge on any atom is 0.189 e. The highest BCUT2D eigenvalue weighted by Gasteiger charge is 2.13. The van der Waals surface area contributed by atoms with Crippen LogP contribution in [0.3, 0.4) is 0 Å². The van der Waals surface area contributed by atoms with Gasteiger partial charge in [-0.1, -0.05) is 12.0 Å². The molecule has 1 aliphatic carbocycles. The number of methoxy groups -OCH3 is 2. The quantitative estimate of drug-likeness (QED) is 0.610. The number of ketones is 1. The Kier molecular flexibility index (Phi) is 4.61. The summed E-state index contributed by atoms with van der Waals surface area (Å²) in [4.78, 5) is 12.3. The summed E-state index contributed by atoms with van der Waals surface area (Å²) >= 11 is 0. The van der Waals surface area contributed by atoms with Crippen molar-refractivity contribution in [2.75, 3.05) is 14.2 Å². The maximum absolute atomic E-state index is 12.3.